The Balaban J connectivity index is 2.49. The normalized spacial score (nSPS) is 14.5. The van der Waals surface area contributed by atoms with E-state index in [0.717, 1.165) is 18.3 Å². The molecule has 1 aromatic carbocycles. The molecule has 1 unspecified atom stereocenters. The Bertz CT molecular complexity index is 356. The van der Waals surface area contributed by atoms with Crippen molar-refractivity contribution in [3.63, 3.8) is 0 Å². The van der Waals surface area contributed by atoms with E-state index in [1.54, 1.807) is 0 Å². The second-order valence-electron chi connectivity index (χ2n) is 4.16. The SMILES string of the molecule is CCCCCCNP(=O)(CCl)c1ccccc1. The monoisotopic (exact) mass is 273 g/mol. The summed E-state index contributed by atoms with van der Waals surface area (Å²) in [7, 11) is -2.59. The van der Waals surface area contributed by atoms with Gasteiger partial charge in [-0.25, -0.2) is 0 Å². The summed E-state index contributed by atoms with van der Waals surface area (Å²) in [6, 6.07) is 9.47. The Hall–Kier alpha value is -0.300. The van der Waals surface area contributed by atoms with Crippen LogP contribution in [-0.2, 0) is 4.57 Å². The van der Waals surface area contributed by atoms with Crippen LogP contribution < -0.4 is 10.4 Å². The molecule has 0 saturated heterocycles. The molecule has 0 saturated carbocycles. The molecular formula is C13H21ClNOP. The van der Waals surface area contributed by atoms with Crippen molar-refractivity contribution in [1.29, 1.82) is 0 Å². The van der Waals surface area contributed by atoms with Gasteiger partial charge in [-0.2, -0.15) is 0 Å². The second-order valence-corrected chi connectivity index (χ2v) is 7.43. The average molecular weight is 274 g/mol. The lowest BCUT2D eigenvalue weighted by atomic mass is 10.2. The van der Waals surface area contributed by atoms with Crippen molar-refractivity contribution in [2.45, 2.75) is 32.6 Å². The van der Waals surface area contributed by atoms with Gasteiger partial charge in [0.2, 0.25) is 0 Å². The summed E-state index contributed by atoms with van der Waals surface area (Å²) < 4.78 is 12.6. The minimum atomic E-state index is -2.59. The highest BCUT2D eigenvalue weighted by Crippen LogP contribution is 2.40. The number of halogens is 1. The van der Waals surface area contributed by atoms with Gasteiger partial charge in [-0.05, 0) is 6.42 Å². The van der Waals surface area contributed by atoms with Crippen molar-refractivity contribution in [2.24, 2.45) is 0 Å². The van der Waals surface area contributed by atoms with Gasteiger partial charge in [0.25, 0.3) is 0 Å². The quantitative estimate of drug-likeness (QED) is 0.441. The first-order valence-electron chi connectivity index (χ1n) is 6.18. The third-order valence-electron chi connectivity index (χ3n) is 2.74. The summed E-state index contributed by atoms with van der Waals surface area (Å²) in [5.74, 6) is 0. The maximum Gasteiger partial charge on any atom is 0.190 e. The first kappa shape index (κ1) is 14.8. The summed E-state index contributed by atoms with van der Waals surface area (Å²) in [4.78, 5) is 0. The van der Waals surface area contributed by atoms with Crippen LogP contribution in [0, 0.1) is 0 Å². The molecule has 0 amide bonds. The number of rotatable bonds is 8. The molecule has 0 aliphatic carbocycles. The zero-order valence-corrected chi connectivity index (χ0v) is 12.0. The second kappa shape index (κ2) is 7.92. The minimum absolute atomic E-state index is 0.158. The maximum atomic E-state index is 12.6. The summed E-state index contributed by atoms with van der Waals surface area (Å²) in [6.07, 6.45) is 4.69. The standard InChI is InChI=1S/C13H21ClNOP/c1-2-3-4-8-11-15-17(16,12-14)13-9-6-5-7-10-13/h5-7,9-10H,2-4,8,11-12H2,1H3,(H,15,16). The van der Waals surface area contributed by atoms with Gasteiger partial charge in [-0.3, -0.25) is 5.09 Å². The van der Waals surface area contributed by atoms with Crippen molar-refractivity contribution in [3.05, 3.63) is 30.3 Å². The predicted octanol–water partition coefficient (Wildman–Crippen LogP) is 3.96. The number of alkyl halides is 1. The number of hydrogen-bond donors (Lipinski definition) is 1. The summed E-state index contributed by atoms with van der Waals surface area (Å²) in [5, 5.41) is 3.97. The van der Waals surface area contributed by atoms with E-state index in [4.69, 9.17) is 11.6 Å². The van der Waals surface area contributed by atoms with Crippen molar-refractivity contribution >= 4 is 24.2 Å². The fourth-order valence-corrected chi connectivity index (χ4v) is 3.93. The summed E-state index contributed by atoms with van der Waals surface area (Å²) in [6.45, 7) is 2.96. The van der Waals surface area contributed by atoms with E-state index >= 15 is 0 Å². The Kier molecular flexibility index (Phi) is 6.87. The fourth-order valence-electron chi connectivity index (χ4n) is 1.68. The highest BCUT2D eigenvalue weighted by Gasteiger charge is 2.21. The van der Waals surface area contributed by atoms with Gasteiger partial charge in [-0.1, -0.05) is 56.5 Å². The van der Waals surface area contributed by atoms with Crippen LogP contribution >= 0.6 is 18.9 Å². The largest absolute Gasteiger partial charge is 0.300 e. The molecule has 0 radical (unpaired) electrons. The van der Waals surface area contributed by atoms with Crippen LogP contribution in [0.5, 0.6) is 0 Å². The van der Waals surface area contributed by atoms with Gasteiger partial charge in [0, 0.05) is 11.8 Å². The summed E-state index contributed by atoms with van der Waals surface area (Å²) in [5.41, 5.74) is 0.158. The molecule has 0 aromatic heterocycles. The van der Waals surface area contributed by atoms with Gasteiger partial charge in [0.1, 0.15) is 0 Å². The van der Waals surface area contributed by atoms with E-state index in [2.05, 4.69) is 12.0 Å². The zero-order chi connectivity index (χ0) is 12.6. The number of nitrogens with one attached hydrogen (secondary N) is 1. The molecule has 1 rings (SSSR count). The van der Waals surface area contributed by atoms with E-state index in [-0.39, 0.29) is 5.62 Å². The maximum absolute atomic E-state index is 12.6. The van der Waals surface area contributed by atoms with Crippen LogP contribution in [0.15, 0.2) is 30.3 Å². The molecule has 0 heterocycles. The van der Waals surface area contributed by atoms with Crippen molar-refractivity contribution < 1.29 is 4.57 Å². The lowest BCUT2D eigenvalue weighted by Crippen LogP contribution is -2.21. The van der Waals surface area contributed by atoms with Crippen LogP contribution in [0.1, 0.15) is 32.6 Å². The molecule has 96 valence electrons. The van der Waals surface area contributed by atoms with Crippen molar-refractivity contribution in [2.75, 3.05) is 12.2 Å². The molecule has 17 heavy (non-hydrogen) atoms. The fraction of sp³-hybridized carbons (Fsp3) is 0.538. The Labute approximate surface area is 109 Å². The highest BCUT2D eigenvalue weighted by molar-refractivity contribution is 7.71. The lowest BCUT2D eigenvalue weighted by Gasteiger charge is -2.17. The van der Waals surface area contributed by atoms with Crippen LogP contribution in [0.2, 0.25) is 0 Å². The number of hydrogen-bond acceptors (Lipinski definition) is 1. The van der Waals surface area contributed by atoms with Crippen LogP contribution in [-0.4, -0.2) is 12.2 Å². The first-order valence-corrected chi connectivity index (χ1v) is 8.61. The molecule has 0 spiro atoms. The van der Waals surface area contributed by atoms with Gasteiger partial charge in [-0.15, -0.1) is 11.6 Å². The predicted molar refractivity (Wildman–Crippen MR) is 76.5 cm³/mol. The van der Waals surface area contributed by atoms with Gasteiger partial charge in [0.05, 0.1) is 5.62 Å². The minimum Gasteiger partial charge on any atom is -0.300 e. The molecule has 1 aromatic rings. The Morgan fingerprint density at radius 3 is 2.47 bits per heavy atom. The number of unbranched alkanes of at least 4 members (excludes halogenated alkanes) is 3. The third-order valence-corrected chi connectivity index (χ3v) is 5.95. The molecular weight excluding hydrogens is 253 g/mol. The third kappa shape index (κ3) is 4.83. The van der Waals surface area contributed by atoms with Gasteiger partial charge < -0.3 is 4.57 Å². The van der Waals surface area contributed by atoms with E-state index in [1.165, 1.54) is 19.3 Å². The highest BCUT2D eigenvalue weighted by atomic mass is 35.5. The average Bonchev–Trinajstić information content (AvgIpc) is 2.39. The smallest absolute Gasteiger partial charge is 0.190 e. The Morgan fingerprint density at radius 2 is 1.88 bits per heavy atom. The molecule has 0 bridgehead atoms. The van der Waals surface area contributed by atoms with E-state index in [9.17, 15) is 4.57 Å². The summed E-state index contributed by atoms with van der Waals surface area (Å²) >= 11 is 5.86. The molecule has 2 nitrogen and oxygen atoms in total. The molecule has 4 heteroatoms. The van der Waals surface area contributed by atoms with Gasteiger partial charge >= 0.3 is 0 Å². The molecule has 0 aliphatic heterocycles. The van der Waals surface area contributed by atoms with Crippen molar-refractivity contribution in [1.82, 2.24) is 5.09 Å². The van der Waals surface area contributed by atoms with E-state index < -0.39 is 7.29 Å². The van der Waals surface area contributed by atoms with Crippen LogP contribution in [0.4, 0.5) is 0 Å². The zero-order valence-electron chi connectivity index (χ0n) is 10.4. The van der Waals surface area contributed by atoms with Gasteiger partial charge in [0.15, 0.2) is 7.29 Å². The van der Waals surface area contributed by atoms with Crippen molar-refractivity contribution in [3.8, 4) is 0 Å². The lowest BCUT2D eigenvalue weighted by molar-refractivity contribution is 0.569. The molecule has 0 aliphatic rings. The van der Waals surface area contributed by atoms with Crippen LogP contribution in [0.25, 0.3) is 0 Å². The first-order chi connectivity index (χ1) is 8.23. The topological polar surface area (TPSA) is 29.1 Å². The van der Waals surface area contributed by atoms with E-state index in [1.807, 2.05) is 30.3 Å². The number of benzene rings is 1. The molecule has 1 atom stereocenters. The van der Waals surface area contributed by atoms with Crippen LogP contribution in [0.3, 0.4) is 0 Å². The molecule has 0 fully saturated rings. The molecule has 1 N–H and O–H groups in total. The van der Waals surface area contributed by atoms with E-state index in [0.29, 0.717) is 0 Å². The Morgan fingerprint density at radius 1 is 1.18 bits per heavy atom.